The van der Waals surface area contributed by atoms with Gasteiger partial charge in [0.05, 0.1) is 23.5 Å². The minimum atomic E-state index is -0.554. The van der Waals surface area contributed by atoms with Gasteiger partial charge in [0.2, 0.25) is 17.8 Å². The lowest BCUT2D eigenvalue weighted by Gasteiger charge is -2.47. The van der Waals surface area contributed by atoms with E-state index >= 15 is 0 Å². The minimum Gasteiger partial charge on any atom is -0.467 e. The molecule has 3 aromatic heterocycles. The Kier molecular flexibility index (Phi) is 5.97. The van der Waals surface area contributed by atoms with Crippen LogP contribution in [-0.4, -0.2) is 52.6 Å². The minimum absolute atomic E-state index is 0.106. The lowest BCUT2D eigenvalue weighted by molar-refractivity contribution is -0.116. The molecule has 1 unspecified atom stereocenters. The molecular weight excluding hydrogens is 500 g/mol. The number of fused-ring (bicyclic) bond motifs is 2. The van der Waals surface area contributed by atoms with E-state index in [1.165, 1.54) is 18.4 Å². The number of nitriles is 1. The number of carbonyl (C=O) groups excluding carboxylic acids is 1. The molecule has 1 amide bonds. The summed E-state index contributed by atoms with van der Waals surface area (Å²) < 4.78 is 5.12. The van der Waals surface area contributed by atoms with Crippen LogP contribution in [0.4, 0.5) is 22.7 Å². The van der Waals surface area contributed by atoms with Crippen LogP contribution >= 0.6 is 23.1 Å². The number of nitrogens with two attached hydrogens (primary N) is 3. The number of hydrogen-bond donors (Lipinski definition) is 3. The van der Waals surface area contributed by atoms with Crippen LogP contribution in [0, 0.1) is 11.3 Å². The van der Waals surface area contributed by atoms with Crippen LogP contribution in [-0.2, 0) is 15.3 Å². The Balaban J connectivity index is 1.48. The first-order valence-electron chi connectivity index (χ1n) is 11.0. The summed E-state index contributed by atoms with van der Waals surface area (Å²) in [5.74, 6) is 1.23. The SMILES string of the molecule is COc1nc(N2CC3(C2)SCc2sc(N)c(C#N)c23)nc(N(CC(N)=O)C(C)c2cccnc2N)n1. The fourth-order valence-electron chi connectivity index (χ4n) is 4.63. The van der Waals surface area contributed by atoms with Crippen molar-refractivity contribution in [2.24, 2.45) is 5.73 Å². The summed E-state index contributed by atoms with van der Waals surface area (Å²) in [4.78, 5) is 34.4. The summed E-state index contributed by atoms with van der Waals surface area (Å²) in [5.41, 5.74) is 20.1. The van der Waals surface area contributed by atoms with Crippen LogP contribution in [0.5, 0.6) is 6.01 Å². The summed E-state index contributed by atoms with van der Waals surface area (Å²) >= 11 is 3.29. The van der Waals surface area contributed by atoms with Gasteiger partial charge < -0.3 is 31.7 Å². The van der Waals surface area contributed by atoms with Crippen molar-refractivity contribution in [2.75, 3.05) is 48.0 Å². The Labute approximate surface area is 215 Å². The third kappa shape index (κ3) is 3.90. The maximum absolute atomic E-state index is 12.0. The molecular formula is C22H24N10O2S2. The van der Waals surface area contributed by atoms with Crippen LogP contribution in [0.2, 0.25) is 0 Å². The largest absolute Gasteiger partial charge is 0.467 e. The highest BCUT2D eigenvalue weighted by atomic mass is 32.2. The van der Waals surface area contributed by atoms with Crippen LogP contribution in [0.3, 0.4) is 0 Å². The number of amides is 1. The zero-order valence-electron chi connectivity index (χ0n) is 19.6. The molecule has 5 rings (SSSR count). The molecule has 0 saturated carbocycles. The van der Waals surface area contributed by atoms with Gasteiger partial charge in [0.15, 0.2) is 0 Å². The Morgan fingerprint density at radius 2 is 2.14 bits per heavy atom. The molecule has 5 heterocycles. The number of methoxy groups -OCH3 is 1. The average Bonchev–Trinajstić information content (AvgIpc) is 3.36. The van der Waals surface area contributed by atoms with E-state index in [0.29, 0.717) is 41.0 Å². The number of rotatable bonds is 7. The van der Waals surface area contributed by atoms with Crippen molar-refractivity contribution in [3.05, 3.63) is 39.9 Å². The van der Waals surface area contributed by atoms with Crippen LogP contribution in [0.15, 0.2) is 18.3 Å². The third-order valence-electron chi connectivity index (χ3n) is 6.38. The number of nitrogen functional groups attached to an aromatic ring is 2. The maximum Gasteiger partial charge on any atom is 0.322 e. The van der Waals surface area contributed by atoms with E-state index in [1.54, 1.807) is 28.9 Å². The first-order chi connectivity index (χ1) is 17.3. The molecule has 0 aromatic carbocycles. The van der Waals surface area contributed by atoms with E-state index < -0.39 is 11.9 Å². The molecule has 1 saturated heterocycles. The number of pyridine rings is 1. The standard InChI is InChI=1S/C22H24N10O2S2/c1-11(12-4-3-5-27-17(12)25)32(7-15(24)33)20-28-19(29-21(30-20)34-2)31-9-22(10-31)16-13(6-23)18(26)36-14(16)8-35-22/h3-5,11H,7-10,26H2,1-2H3,(H2,24,33)(H2,25,27). The van der Waals surface area contributed by atoms with E-state index in [0.717, 1.165) is 16.2 Å². The number of carbonyl (C=O) groups is 1. The normalized spacial score (nSPS) is 16.2. The fraction of sp³-hybridized carbons (Fsp3) is 0.364. The number of thioether (sulfide) groups is 1. The molecule has 0 radical (unpaired) electrons. The molecule has 186 valence electrons. The van der Waals surface area contributed by atoms with E-state index in [-0.39, 0.29) is 23.3 Å². The molecule has 0 aliphatic carbocycles. The number of ether oxygens (including phenoxy) is 1. The van der Waals surface area contributed by atoms with Gasteiger partial charge in [-0.15, -0.1) is 23.1 Å². The number of aromatic nitrogens is 4. The summed E-state index contributed by atoms with van der Waals surface area (Å²) in [5, 5.41) is 10.2. The molecule has 1 fully saturated rings. The van der Waals surface area contributed by atoms with Crippen molar-refractivity contribution in [1.82, 2.24) is 19.9 Å². The van der Waals surface area contributed by atoms with Crippen molar-refractivity contribution in [3.63, 3.8) is 0 Å². The van der Waals surface area contributed by atoms with Crippen LogP contribution in [0.25, 0.3) is 0 Å². The van der Waals surface area contributed by atoms with Gasteiger partial charge in [-0.05, 0) is 13.0 Å². The molecule has 6 N–H and O–H groups in total. The second kappa shape index (κ2) is 8.99. The Morgan fingerprint density at radius 1 is 1.36 bits per heavy atom. The Bertz CT molecular complexity index is 1380. The third-order valence-corrected chi connectivity index (χ3v) is 9.03. The topological polar surface area (TPSA) is 186 Å². The number of anilines is 4. The maximum atomic E-state index is 12.0. The molecule has 1 spiro atoms. The number of primary amides is 1. The number of nitrogens with zero attached hydrogens (tertiary/aromatic N) is 7. The lowest BCUT2D eigenvalue weighted by Crippen LogP contribution is -2.57. The lowest BCUT2D eigenvalue weighted by atomic mass is 9.88. The zero-order valence-corrected chi connectivity index (χ0v) is 21.3. The van der Waals surface area contributed by atoms with Crippen LogP contribution < -0.4 is 31.7 Å². The zero-order chi connectivity index (χ0) is 25.6. The highest BCUT2D eigenvalue weighted by molar-refractivity contribution is 8.00. The molecule has 0 bridgehead atoms. The molecule has 2 aliphatic rings. The van der Waals surface area contributed by atoms with Gasteiger partial charge in [-0.25, -0.2) is 4.98 Å². The van der Waals surface area contributed by atoms with E-state index in [2.05, 4.69) is 26.0 Å². The van der Waals surface area contributed by atoms with Crippen LogP contribution in [0.1, 0.15) is 34.5 Å². The first-order valence-corrected chi connectivity index (χ1v) is 12.8. The quantitative estimate of drug-likeness (QED) is 0.404. The van der Waals surface area contributed by atoms with Gasteiger partial charge in [-0.3, -0.25) is 4.79 Å². The molecule has 12 nitrogen and oxygen atoms in total. The second-order valence-corrected chi connectivity index (χ2v) is 11.1. The fourth-order valence-corrected chi connectivity index (χ4v) is 7.43. The van der Waals surface area contributed by atoms with Crippen molar-refractivity contribution >= 4 is 51.7 Å². The smallest absolute Gasteiger partial charge is 0.322 e. The summed E-state index contributed by atoms with van der Waals surface area (Å²) in [6.07, 6.45) is 1.60. The summed E-state index contributed by atoms with van der Waals surface area (Å²) in [6.45, 7) is 2.92. The predicted octanol–water partition coefficient (Wildman–Crippen LogP) is 1.39. The summed E-state index contributed by atoms with van der Waals surface area (Å²) in [7, 11) is 1.47. The van der Waals surface area contributed by atoms with Crippen molar-refractivity contribution in [1.29, 1.82) is 5.26 Å². The number of thiophene rings is 1. The highest BCUT2D eigenvalue weighted by Crippen LogP contribution is 2.57. The van der Waals surface area contributed by atoms with Gasteiger partial charge >= 0.3 is 6.01 Å². The van der Waals surface area contributed by atoms with Crippen molar-refractivity contribution < 1.29 is 9.53 Å². The molecule has 36 heavy (non-hydrogen) atoms. The van der Waals surface area contributed by atoms with Gasteiger partial charge in [0, 0.05) is 41.0 Å². The molecule has 1 atom stereocenters. The monoisotopic (exact) mass is 524 g/mol. The number of hydrogen-bond acceptors (Lipinski definition) is 13. The first kappa shape index (κ1) is 23.9. The van der Waals surface area contributed by atoms with Crippen molar-refractivity contribution in [2.45, 2.75) is 23.5 Å². The predicted molar refractivity (Wildman–Crippen MR) is 139 cm³/mol. The Hall–Kier alpha value is -3.83. The van der Waals surface area contributed by atoms with Gasteiger partial charge in [0.1, 0.15) is 23.4 Å². The Morgan fingerprint density at radius 3 is 2.81 bits per heavy atom. The highest BCUT2D eigenvalue weighted by Gasteiger charge is 2.53. The van der Waals surface area contributed by atoms with Gasteiger partial charge in [-0.1, -0.05) is 6.07 Å². The van der Waals surface area contributed by atoms with E-state index in [4.69, 9.17) is 21.9 Å². The summed E-state index contributed by atoms with van der Waals surface area (Å²) in [6, 6.07) is 5.57. The molecule has 2 aliphatic heterocycles. The van der Waals surface area contributed by atoms with Gasteiger partial charge in [-0.2, -0.15) is 20.2 Å². The molecule has 3 aromatic rings. The van der Waals surface area contributed by atoms with Crippen molar-refractivity contribution in [3.8, 4) is 12.1 Å². The van der Waals surface area contributed by atoms with E-state index in [9.17, 15) is 10.1 Å². The van der Waals surface area contributed by atoms with Gasteiger partial charge in [0.25, 0.3) is 0 Å². The average molecular weight is 525 g/mol. The van der Waals surface area contributed by atoms with E-state index in [1.807, 2.05) is 17.9 Å². The molecule has 14 heteroatoms. The second-order valence-electron chi connectivity index (χ2n) is 8.56.